The van der Waals surface area contributed by atoms with E-state index in [4.69, 9.17) is 24.0 Å². The van der Waals surface area contributed by atoms with E-state index in [1.165, 1.54) is 0 Å². The molecule has 2 aromatic carbocycles. The number of aromatic amines is 1. The Hall–Kier alpha value is -4.46. The molecule has 168 valence electrons. The number of pyridine rings is 1. The van der Waals surface area contributed by atoms with Gasteiger partial charge in [-0.3, -0.25) is 4.98 Å². The van der Waals surface area contributed by atoms with E-state index in [1.807, 2.05) is 56.4 Å². The van der Waals surface area contributed by atoms with E-state index in [0.717, 1.165) is 55.2 Å². The number of fused-ring (bicyclic) bond motifs is 4. The number of ether oxygens (including phenoxy) is 2. The minimum absolute atomic E-state index is 0.339. The lowest BCUT2D eigenvalue weighted by atomic mass is 9.99. The van der Waals surface area contributed by atoms with Crippen molar-refractivity contribution < 1.29 is 14.0 Å². The summed E-state index contributed by atoms with van der Waals surface area (Å²) in [5, 5.41) is 6.98. The van der Waals surface area contributed by atoms with Crippen molar-refractivity contribution in [3.05, 3.63) is 60.2 Å². The summed E-state index contributed by atoms with van der Waals surface area (Å²) in [6.45, 7) is 3.77. The maximum atomic E-state index is 5.80. The number of aromatic nitrogens is 5. The van der Waals surface area contributed by atoms with Gasteiger partial charge in [0.1, 0.15) is 17.2 Å². The molecule has 6 rings (SSSR count). The van der Waals surface area contributed by atoms with Crippen LogP contribution in [0.25, 0.3) is 55.2 Å². The minimum Gasteiger partial charge on any atom is -0.496 e. The molecule has 0 unspecified atom stereocenters. The first kappa shape index (κ1) is 20.2. The first-order valence-corrected chi connectivity index (χ1v) is 10.8. The summed E-state index contributed by atoms with van der Waals surface area (Å²) < 4.78 is 16.5. The zero-order valence-corrected chi connectivity index (χ0v) is 19.1. The Balaban J connectivity index is 1.70. The summed E-state index contributed by atoms with van der Waals surface area (Å²) >= 11 is 0. The van der Waals surface area contributed by atoms with E-state index in [0.29, 0.717) is 23.2 Å². The second-order valence-corrected chi connectivity index (χ2v) is 8.08. The van der Waals surface area contributed by atoms with Gasteiger partial charge in [0.2, 0.25) is 0 Å². The highest BCUT2D eigenvalue weighted by Crippen LogP contribution is 2.43. The SMILES string of the molecule is COc1cc2c(cc1-c1c(C)noc1OC)[nH]c1nc(C)nc(-c3ccnc4ccccc34)c12. The Morgan fingerprint density at radius 1 is 0.912 bits per heavy atom. The van der Waals surface area contributed by atoms with Crippen molar-refractivity contribution in [1.82, 2.24) is 25.1 Å². The normalized spacial score (nSPS) is 11.5. The van der Waals surface area contributed by atoms with Crippen LogP contribution in [0.1, 0.15) is 11.5 Å². The molecular formula is C26H21N5O3. The molecule has 0 aliphatic heterocycles. The van der Waals surface area contributed by atoms with Gasteiger partial charge in [0.05, 0.1) is 42.1 Å². The molecular weight excluding hydrogens is 430 g/mol. The third-order valence-electron chi connectivity index (χ3n) is 6.07. The summed E-state index contributed by atoms with van der Waals surface area (Å²) in [5.41, 5.74) is 6.70. The van der Waals surface area contributed by atoms with Gasteiger partial charge in [-0.05, 0) is 38.1 Å². The fourth-order valence-corrected chi connectivity index (χ4v) is 4.59. The Bertz CT molecular complexity index is 1710. The smallest absolute Gasteiger partial charge is 0.319 e. The van der Waals surface area contributed by atoms with Crippen LogP contribution in [0.3, 0.4) is 0 Å². The number of nitrogens with one attached hydrogen (secondary N) is 1. The van der Waals surface area contributed by atoms with Crippen LogP contribution in [0.2, 0.25) is 0 Å². The van der Waals surface area contributed by atoms with E-state index < -0.39 is 0 Å². The molecule has 8 heteroatoms. The van der Waals surface area contributed by atoms with Gasteiger partial charge in [0.15, 0.2) is 0 Å². The lowest BCUT2D eigenvalue weighted by Gasteiger charge is -2.10. The molecule has 0 spiro atoms. The van der Waals surface area contributed by atoms with Gasteiger partial charge < -0.3 is 19.0 Å². The Labute approximate surface area is 194 Å². The third-order valence-corrected chi connectivity index (χ3v) is 6.07. The summed E-state index contributed by atoms with van der Waals surface area (Å²) in [4.78, 5) is 17.6. The van der Waals surface area contributed by atoms with Crippen LogP contribution in [0, 0.1) is 13.8 Å². The molecule has 0 aliphatic rings. The molecule has 4 heterocycles. The number of hydrogen-bond acceptors (Lipinski definition) is 7. The second kappa shape index (κ2) is 7.55. The van der Waals surface area contributed by atoms with E-state index in [2.05, 4.69) is 21.2 Å². The molecule has 8 nitrogen and oxygen atoms in total. The molecule has 0 radical (unpaired) electrons. The highest BCUT2D eigenvalue weighted by molar-refractivity contribution is 6.15. The van der Waals surface area contributed by atoms with Crippen molar-refractivity contribution in [3.63, 3.8) is 0 Å². The van der Waals surface area contributed by atoms with Crippen LogP contribution in [0.15, 0.2) is 53.2 Å². The van der Waals surface area contributed by atoms with Gasteiger partial charge in [0, 0.05) is 33.6 Å². The molecule has 0 fully saturated rings. The standard InChI is InChI=1S/C26H21N5O3/c1-13-22(26(33-4)34-31-13)18-11-20-17(12-21(18)32-3)23-24(28-14(2)29-25(23)30-20)16-9-10-27-19-8-6-5-7-15(16)19/h5-12H,1-4H3,(H,28,29,30). The van der Waals surface area contributed by atoms with E-state index in [1.54, 1.807) is 14.2 Å². The van der Waals surface area contributed by atoms with Crippen LogP contribution in [0.5, 0.6) is 11.7 Å². The van der Waals surface area contributed by atoms with Crippen LogP contribution < -0.4 is 9.47 Å². The summed E-state index contributed by atoms with van der Waals surface area (Å²) in [6.07, 6.45) is 1.81. The maximum absolute atomic E-state index is 5.80. The molecule has 1 N–H and O–H groups in total. The first-order valence-electron chi connectivity index (χ1n) is 10.8. The van der Waals surface area contributed by atoms with E-state index in [9.17, 15) is 0 Å². The zero-order chi connectivity index (χ0) is 23.4. The minimum atomic E-state index is 0.339. The number of rotatable bonds is 4. The van der Waals surface area contributed by atoms with Crippen molar-refractivity contribution in [1.29, 1.82) is 0 Å². The molecule has 0 saturated heterocycles. The van der Waals surface area contributed by atoms with Crippen LogP contribution in [0.4, 0.5) is 0 Å². The summed E-state index contributed by atoms with van der Waals surface area (Å²) in [6, 6.07) is 14.1. The predicted molar refractivity (Wildman–Crippen MR) is 130 cm³/mol. The fraction of sp³-hybridized carbons (Fsp3) is 0.154. The van der Waals surface area contributed by atoms with Gasteiger partial charge in [-0.25, -0.2) is 9.97 Å². The molecule has 6 aromatic rings. The Morgan fingerprint density at radius 2 is 1.76 bits per heavy atom. The highest BCUT2D eigenvalue weighted by atomic mass is 16.6. The number of methoxy groups -OCH3 is 2. The summed E-state index contributed by atoms with van der Waals surface area (Å²) in [7, 11) is 3.20. The second-order valence-electron chi connectivity index (χ2n) is 8.08. The molecule has 0 saturated carbocycles. The fourth-order valence-electron chi connectivity index (χ4n) is 4.59. The van der Waals surface area contributed by atoms with Crippen molar-refractivity contribution >= 4 is 32.8 Å². The third kappa shape index (κ3) is 2.92. The van der Waals surface area contributed by atoms with Crippen molar-refractivity contribution in [3.8, 4) is 34.1 Å². The van der Waals surface area contributed by atoms with Gasteiger partial charge in [-0.2, -0.15) is 0 Å². The molecule has 0 amide bonds. The first-order chi connectivity index (χ1) is 16.6. The quantitative estimate of drug-likeness (QED) is 0.372. The predicted octanol–water partition coefficient (Wildman–Crippen LogP) is 5.62. The largest absolute Gasteiger partial charge is 0.496 e. The maximum Gasteiger partial charge on any atom is 0.319 e. The Kier molecular flexibility index (Phi) is 4.48. The average Bonchev–Trinajstić information content (AvgIpc) is 3.41. The average molecular weight is 451 g/mol. The van der Waals surface area contributed by atoms with Crippen LogP contribution in [-0.4, -0.2) is 39.3 Å². The number of aryl methyl sites for hydroxylation is 2. The topological polar surface area (TPSA) is 99.0 Å². The lowest BCUT2D eigenvalue weighted by molar-refractivity contribution is 0.261. The van der Waals surface area contributed by atoms with Gasteiger partial charge in [-0.1, -0.05) is 23.4 Å². The van der Waals surface area contributed by atoms with Crippen LogP contribution in [-0.2, 0) is 0 Å². The van der Waals surface area contributed by atoms with E-state index >= 15 is 0 Å². The Morgan fingerprint density at radius 3 is 2.59 bits per heavy atom. The van der Waals surface area contributed by atoms with E-state index in [-0.39, 0.29) is 0 Å². The van der Waals surface area contributed by atoms with Gasteiger partial charge in [-0.15, -0.1) is 0 Å². The summed E-state index contributed by atoms with van der Waals surface area (Å²) in [5.74, 6) is 1.69. The van der Waals surface area contributed by atoms with Gasteiger partial charge >= 0.3 is 5.95 Å². The molecule has 0 aliphatic carbocycles. The number of H-pyrrole nitrogens is 1. The monoisotopic (exact) mass is 451 g/mol. The number of nitrogens with zero attached hydrogens (tertiary/aromatic N) is 4. The van der Waals surface area contributed by atoms with Crippen LogP contribution >= 0.6 is 0 Å². The number of para-hydroxylation sites is 1. The highest BCUT2D eigenvalue weighted by Gasteiger charge is 2.23. The number of benzene rings is 2. The zero-order valence-electron chi connectivity index (χ0n) is 19.1. The molecule has 4 aromatic heterocycles. The number of hydrogen-bond donors (Lipinski definition) is 1. The lowest BCUT2D eigenvalue weighted by Crippen LogP contribution is -1.94. The molecule has 34 heavy (non-hydrogen) atoms. The van der Waals surface area contributed by atoms with Crippen molar-refractivity contribution in [2.45, 2.75) is 13.8 Å². The van der Waals surface area contributed by atoms with Gasteiger partial charge in [0.25, 0.3) is 0 Å². The molecule has 0 bridgehead atoms. The molecule has 0 atom stereocenters. The van der Waals surface area contributed by atoms with Crippen molar-refractivity contribution in [2.75, 3.05) is 14.2 Å². The van der Waals surface area contributed by atoms with Crippen molar-refractivity contribution in [2.24, 2.45) is 0 Å².